The summed E-state index contributed by atoms with van der Waals surface area (Å²) in [5.74, 6) is 0. The summed E-state index contributed by atoms with van der Waals surface area (Å²) >= 11 is 0. The van der Waals surface area contributed by atoms with Gasteiger partial charge in [0.25, 0.3) is 0 Å². The average molecular weight is 184 g/mol. The summed E-state index contributed by atoms with van der Waals surface area (Å²) in [7, 11) is 0. The smallest absolute Gasteiger partial charge is 0.00674 e. The SMILES string of the molecule is CC(C)NCCCN1CCCC1C. The van der Waals surface area contributed by atoms with Crippen LogP contribution in [0.1, 0.15) is 40.0 Å². The third kappa shape index (κ3) is 4.10. The molecule has 13 heavy (non-hydrogen) atoms. The Kier molecular flexibility index (Phi) is 4.74. The zero-order valence-electron chi connectivity index (χ0n) is 9.34. The summed E-state index contributed by atoms with van der Waals surface area (Å²) in [4.78, 5) is 2.61. The molecule has 0 bridgehead atoms. The standard InChI is InChI=1S/C11H24N2/c1-10(2)12-7-5-9-13-8-4-6-11(13)3/h10-12H,4-9H2,1-3H3. The minimum Gasteiger partial charge on any atom is -0.314 e. The molecule has 1 N–H and O–H groups in total. The molecule has 1 aliphatic heterocycles. The molecule has 1 aliphatic rings. The number of nitrogens with one attached hydrogen (secondary N) is 1. The number of rotatable bonds is 5. The highest BCUT2D eigenvalue weighted by Crippen LogP contribution is 2.15. The van der Waals surface area contributed by atoms with E-state index in [-0.39, 0.29) is 0 Å². The second-order valence-electron chi connectivity index (χ2n) is 4.49. The van der Waals surface area contributed by atoms with Gasteiger partial charge >= 0.3 is 0 Å². The first-order chi connectivity index (χ1) is 6.20. The van der Waals surface area contributed by atoms with Gasteiger partial charge in [0.1, 0.15) is 0 Å². The molecule has 1 heterocycles. The molecule has 1 saturated heterocycles. The van der Waals surface area contributed by atoms with Gasteiger partial charge in [-0.2, -0.15) is 0 Å². The molecule has 1 unspecified atom stereocenters. The monoisotopic (exact) mass is 184 g/mol. The molecular weight excluding hydrogens is 160 g/mol. The Morgan fingerprint density at radius 3 is 2.77 bits per heavy atom. The summed E-state index contributed by atoms with van der Waals surface area (Å²) in [5, 5.41) is 3.46. The summed E-state index contributed by atoms with van der Waals surface area (Å²) in [6.45, 7) is 10.5. The van der Waals surface area contributed by atoms with Gasteiger partial charge in [-0.1, -0.05) is 13.8 Å². The summed E-state index contributed by atoms with van der Waals surface area (Å²) < 4.78 is 0. The van der Waals surface area contributed by atoms with Gasteiger partial charge < -0.3 is 10.2 Å². The molecule has 2 heteroatoms. The lowest BCUT2D eigenvalue weighted by Gasteiger charge is -2.21. The van der Waals surface area contributed by atoms with Crippen molar-refractivity contribution >= 4 is 0 Å². The fourth-order valence-electron chi connectivity index (χ4n) is 2.00. The molecule has 0 aromatic carbocycles. The fraction of sp³-hybridized carbons (Fsp3) is 1.00. The van der Waals surface area contributed by atoms with Crippen LogP contribution in [0, 0.1) is 0 Å². The van der Waals surface area contributed by atoms with Crippen molar-refractivity contribution in [1.29, 1.82) is 0 Å². The quantitative estimate of drug-likeness (QED) is 0.656. The Bertz CT molecular complexity index is 134. The number of likely N-dealkylation sites (tertiary alicyclic amines) is 1. The third-order valence-corrected chi connectivity index (χ3v) is 2.87. The van der Waals surface area contributed by atoms with Crippen LogP contribution in [0.2, 0.25) is 0 Å². The van der Waals surface area contributed by atoms with E-state index in [2.05, 4.69) is 31.0 Å². The zero-order valence-corrected chi connectivity index (χ0v) is 9.34. The van der Waals surface area contributed by atoms with Crippen molar-refractivity contribution in [3.8, 4) is 0 Å². The summed E-state index contributed by atoms with van der Waals surface area (Å²) in [5.41, 5.74) is 0. The lowest BCUT2D eigenvalue weighted by atomic mass is 10.2. The Morgan fingerprint density at radius 2 is 2.23 bits per heavy atom. The second kappa shape index (κ2) is 5.61. The van der Waals surface area contributed by atoms with E-state index in [4.69, 9.17) is 0 Å². The van der Waals surface area contributed by atoms with Gasteiger partial charge in [-0.3, -0.25) is 0 Å². The van der Waals surface area contributed by atoms with Crippen molar-refractivity contribution in [2.75, 3.05) is 19.6 Å². The maximum absolute atomic E-state index is 3.46. The molecule has 0 aliphatic carbocycles. The maximum atomic E-state index is 3.46. The molecule has 0 saturated carbocycles. The second-order valence-corrected chi connectivity index (χ2v) is 4.49. The van der Waals surface area contributed by atoms with Crippen molar-refractivity contribution in [1.82, 2.24) is 10.2 Å². The molecule has 1 atom stereocenters. The number of hydrogen-bond donors (Lipinski definition) is 1. The van der Waals surface area contributed by atoms with Crippen LogP contribution in [0.15, 0.2) is 0 Å². The van der Waals surface area contributed by atoms with E-state index in [0.717, 1.165) is 6.04 Å². The van der Waals surface area contributed by atoms with Gasteiger partial charge in [-0.05, 0) is 45.8 Å². The van der Waals surface area contributed by atoms with E-state index in [1.165, 1.54) is 38.9 Å². The normalized spacial score (nSPS) is 24.5. The molecule has 0 radical (unpaired) electrons. The first kappa shape index (κ1) is 11.0. The van der Waals surface area contributed by atoms with Crippen molar-refractivity contribution in [2.24, 2.45) is 0 Å². The molecule has 78 valence electrons. The van der Waals surface area contributed by atoms with Crippen LogP contribution in [0.5, 0.6) is 0 Å². The lowest BCUT2D eigenvalue weighted by molar-refractivity contribution is 0.263. The molecular formula is C11H24N2. The van der Waals surface area contributed by atoms with E-state index < -0.39 is 0 Å². The molecule has 1 rings (SSSR count). The minimum atomic E-state index is 0.635. The van der Waals surface area contributed by atoms with Crippen LogP contribution in [0.4, 0.5) is 0 Å². The van der Waals surface area contributed by atoms with Gasteiger partial charge in [0.05, 0.1) is 0 Å². The van der Waals surface area contributed by atoms with Crippen LogP contribution >= 0.6 is 0 Å². The van der Waals surface area contributed by atoms with E-state index in [9.17, 15) is 0 Å². The Labute approximate surface area is 82.7 Å². The fourth-order valence-corrected chi connectivity index (χ4v) is 2.00. The van der Waals surface area contributed by atoms with E-state index in [1.54, 1.807) is 0 Å². The average Bonchev–Trinajstić information content (AvgIpc) is 2.45. The van der Waals surface area contributed by atoms with Crippen molar-refractivity contribution in [2.45, 2.75) is 52.1 Å². The van der Waals surface area contributed by atoms with Gasteiger partial charge in [0.15, 0.2) is 0 Å². The molecule has 1 fully saturated rings. The zero-order chi connectivity index (χ0) is 9.68. The Balaban J connectivity index is 1.99. The topological polar surface area (TPSA) is 15.3 Å². The number of hydrogen-bond acceptors (Lipinski definition) is 2. The first-order valence-corrected chi connectivity index (χ1v) is 5.67. The molecule has 0 aromatic heterocycles. The van der Waals surface area contributed by atoms with Crippen molar-refractivity contribution in [3.05, 3.63) is 0 Å². The van der Waals surface area contributed by atoms with Crippen LogP contribution < -0.4 is 5.32 Å². The highest BCUT2D eigenvalue weighted by molar-refractivity contribution is 4.74. The summed E-state index contributed by atoms with van der Waals surface area (Å²) in [6.07, 6.45) is 4.10. The van der Waals surface area contributed by atoms with Gasteiger partial charge in [0.2, 0.25) is 0 Å². The Hall–Kier alpha value is -0.0800. The third-order valence-electron chi connectivity index (χ3n) is 2.87. The predicted octanol–water partition coefficient (Wildman–Crippen LogP) is 1.86. The lowest BCUT2D eigenvalue weighted by Crippen LogP contribution is -2.31. The number of nitrogens with zero attached hydrogens (tertiary/aromatic N) is 1. The van der Waals surface area contributed by atoms with Crippen LogP contribution in [-0.2, 0) is 0 Å². The highest BCUT2D eigenvalue weighted by atomic mass is 15.2. The van der Waals surface area contributed by atoms with E-state index >= 15 is 0 Å². The van der Waals surface area contributed by atoms with Gasteiger partial charge in [0, 0.05) is 12.1 Å². The maximum Gasteiger partial charge on any atom is 0.00674 e. The largest absolute Gasteiger partial charge is 0.314 e. The van der Waals surface area contributed by atoms with Crippen molar-refractivity contribution < 1.29 is 0 Å². The van der Waals surface area contributed by atoms with Gasteiger partial charge in [-0.15, -0.1) is 0 Å². The summed E-state index contributed by atoms with van der Waals surface area (Å²) in [6, 6.07) is 1.47. The van der Waals surface area contributed by atoms with Crippen molar-refractivity contribution in [3.63, 3.8) is 0 Å². The molecule has 0 spiro atoms. The van der Waals surface area contributed by atoms with Crippen LogP contribution in [-0.4, -0.2) is 36.6 Å². The highest BCUT2D eigenvalue weighted by Gasteiger charge is 2.18. The predicted molar refractivity (Wildman–Crippen MR) is 58.0 cm³/mol. The molecule has 0 aromatic rings. The molecule has 2 nitrogen and oxygen atoms in total. The minimum absolute atomic E-state index is 0.635. The molecule has 0 amide bonds. The first-order valence-electron chi connectivity index (χ1n) is 5.67. The van der Waals surface area contributed by atoms with E-state index in [0.29, 0.717) is 6.04 Å². The van der Waals surface area contributed by atoms with Crippen LogP contribution in [0.25, 0.3) is 0 Å². The van der Waals surface area contributed by atoms with E-state index in [1.807, 2.05) is 0 Å². The van der Waals surface area contributed by atoms with Crippen LogP contribution in [0.3, 0.4) is 0 Å². The Morgan fingerprint density at radius 1 is 1.46 bits per heavy atom. The van der Waals surface area contributed by atoms with Gasteiger partial charge in [-0.25, -0.2) is 0 Å².